The fraction of sp³-hybridized carbons (Fsp3) is 0.227. The standard InChI is InChI=1S/C22H17Cl2N3O2S/c23-16-6-7-18(19(24)10-16)20-13-30-22(26-20)27(12-17-5-2-8-29-17)21(28)15-4-1-3-14(9-15)11-25/h1,3-4,6-7,9-10,13,17H,2,5,8,12H2. The van der Waals surface area contributed by atoms with Crippen LogP contribution in [0.25, 0.3) is 11.3 Å². The van der Waals surface area contributed by atoms with E-state index in [1.165, 1.54) is 11.3 Å². The van der Waals surface area contributed by atoms with E-state index >= 15 is 0 Å². The lowest BCUT2D eigenvalue weighted by Gasteiger charge is -2.23. The molecule has 1 unspecified atom stereocenters. The van der Waals surface area contributed by atoms with Gasteiger partial charge in [0.15, 0.2) is 5.13 Å². The maximum atomic E-state index is 13.3. The quantitative estimate of drug-likeness (QED) is 0.484. The van der Waals surface area contributed by atoms with Crippen molar-refractivity contribution in [3.8, 4) is 17.3 Å². The van der Waals surface area contributed by atoms with Gasteiger partial charge in [-0.1, -0.05) is 29.3 Å². The first-order valence-corrected chi connectivity index (χ1v) is 11.0. The lowest BCUT2D eigenvalue weighted by atomic mass is 10.1. The molecule has 2 aromatic carbocycles. The number of hydrogen-bond donors (Lipinski definition) is 0. The fourth-order valence-corrected chi connectivity index (χ4v) is 4.66. The Labute approximate surface area is 188 Å². The fourth-order valence-electron chi connectivity index (χ4n) is 3.33. The molecular weight excluding hydrogens is 441 g/mol. The molecule has 0 radical (unpaired) electrons. The molecule has 1 saturated heterocycles. The van der Waals surface area contributed by atoms with E-state index in [1.807, 2.05) is 11.4 Å². The molecule has 0 bridgehead atoms. The molecule has 0 saturated carbocycles. The Balaban J connectivity index is 1.68. The largest absolute Gasteiger partial charge is 0.376 e. The van der Waals surface area contributed by atoms with E-state index < -0.39 is 0 Å². The van der Waals surface area contributed by atoms with Crippen molar-refractivity contribution < 1.29 is 9.53 Å². The number of carbonyl (C=O) groups excluding carboxylic acids is 1. The van der Waals surface area contributed by atoms with E-state index in [4.69, 9.17) is 27.9 Å². The zero-order valence-electron chi connectivity index (χ0n) is 15.8. The highest BCUT2D eigenvalue weighted by atomic mass is 35.5. The third-order valence-corrected chi connectivity index (χ3v) is 6.24. The summed E-state index contributed by atoms with van der Waals surface area (Å²) in [6, 6.07) is 14.0. The average molecular weight is 458 g/mol. The predicted octanol–water partition coefficient (Wildman–Crippen LogP) is 5.81. The molecule has 0 spiro atoms. The highest BCUT2D eigenvalue weighted by molar-refractivity contribution is 7.14. The summed E-state index contributed by atoms with van der Waals surface area (Å²) in [5.41, 5.74) is 2.30. The second-order valence-electron chi connectivity index (χ2n) is 6.88. The van der Waals surface area contributed by atoms with E-state index in [9.17, 15) is 10.1 Å². The summed E-state index contributed by atoms with van der Waals surface area (Å²) < 4.78 is 5.75. The zero-order chi connectivity index (χ0) is 21.1. The van der Waals surface area contributed by atoms with Gasteiger partial charge in [0.25, 0.3) is 5.91 Å². The molecule has 1 aromatic heterocycles. The average Bonchev–Trinajstić information content (AvgIpc) is 3.44. The number of ether oxygens (including phenoxy) is 1. The summed E-state index contributed by atoms with van der Waals surface area (Å²) in [4.78, 5) is 19.7. The maximum absolute atomic E-state index is 13.3. The monoisotopic (exact) mass is 457 g/mol. The van der Waals surface area contributed by atoms with Crippen LogP contribution in [0.2, 0.25) is 10.0 Å². The first-order valence-electron chi connectivity index (χ1n) is 9.40. The smallest absolute Gasteiger partial charge is 0.260 e. The lowest BCUT2D eigenvalue weighted by Crippen LogP contribution is -2.37. The summed E-state index contributed by atoms with van der Waals surface area (Å²) in [6.45, 7) is 1.09. The number of nitriles is 1. The molecule has 2 heterocycles. The molecule has 5 nitrogen and oxygen atoms in total. The van der Waals surface area contributed by atoms with Gasteiger partial charge in [0, 0.05) is 28.1 Å². The third-order valence-electron chi connectivity index (χ3n) is 4.82. The molecular formula is C22H17Cl2N3O2S. The van der Waals surface area contributed by atoms with Crippen LogP contribution < -0.4 is 4.90 Å². The van der Waals surface area contributed by atoms with Crippen molar-refractivity contribution in [2.45, 2.75) is 18.9 Å². The van der Waals surface area contributed by atoms with E-state index in [-0.39, 0.29) is 12.0 Å². The minimum Gasteiger partial charge on any atom is -0.376 e. The number of amides is 1. The second kappa shape index (κ2) is 9.15. The van der Waals surface area contributed by atoms with Crippen LogP contribution in [0.15, 0.2) is 47.8 Å². The summed E-state index contributed by atoms with van der Waals surface area (Å²) >= 11 is 13.7. The van der Waals surface area contributed by atoms with Crippen LogP contribution in [0.3, 0.4) is 0 Å². The molecule has 152 valence electrons. The molecule has 4 rings (SSSR count). The van der Waals surface area contributed by atoms with Crippen LogP contribution in [-0.4, -0.2) is 30.1 Å². The van der Waals surface area contributed by atoms with Crippen molar-refractivity contribution in [2.75, 3.05) is 18.1 Å². The van der Waals surface area contributed by atoms with Crippen LogP contribution in [0, 0.1) is 11.3 Å². The molecule has 8 heteroatoms. The number of rotatable bonds is 5. The van der Waals surface area contributed by atoms with Gasteiger partial charge in [-0.3, -0.25) is 9.69 Å². The molecule has 1 fully saturated rings. The summed E-state index contributed by atoms with van der Waals surface area (Å²) in [6.07, 6.45) is 1.82. The number of anilines is 1. The molecule has 1 amide bonds. The van der Waals surface area contributed by atoms with Gasteiger partial charge in [0.2, 0.25) is 0 Å². The van der Waals surface area contributed by atoms with Crippen molar-refractivity contribution in [3.63, 3.8) is 0 Å². The van der Waals surface area contributed by atoms with Gasteiger partial charge in [0.1, 0.15) is 0 Å². The highest BCUT2D eigenvalue weighted by Crippen LogP contribution is 2.34. The number of nitrogens with zero attached hydrogens (tertiary/aromatic N) is 3. The number of halogens is 2. The van der Waals surface area contributed by atoms with Crippen molar-refractivity contribution in [1.29, 1.82) is 5.26 Å². The van der Waals surface area contributed by atoms with Gasteiger partial charge < -0.3 is 4.74 Å². The number of benzene rings is 2. The van der Waals surface area contributed by atoms with Crippen LogP contribution >= 0.6 is 34.5 Å². The zero-order valence-corrected chi connectivity index (χ0v) is 18.2. The first-order chi connectivity index (χ1) is 14.5. The molecule has 1 aliphatic heterocycles. The molecule has 0 N–H and O–H groups in total. The Morgan fingerprint density at radius 2 is 2.17 bits per heavy atom. The number of hydrogen-bond acceptors (Lipinski definition) is 5. The van der Waals surface area contributed by atoms with Gasteiger partial charge >= 0.3 is 0 Å². The summed E-state index contributed by atoms with van der Waals surface area (Å²) in [5.74, 6) is -0.217. The lowest BCUT2D eigenvalue weighted by molar-refractivity contribution is 0.0917. The Hall–Kier alpha value is -2.43. The van der Waals surface area contributed by atoms with E-state index in [0.29, 0.717) is 45.1 Å². The van der Waals surface area contributed by atoms with E-state index in [2.05, 4.69) is 11.1 Å². The summed E-state index contributed by atoms with van der Waals surface area (Å²) in [5, 5.41) is 12.6. The predicted molar refractivity (Wildman–Crippen MR) is 119 cm³/mol. The van der Waals surface area contributed by atoms with Gasteiger partial charge in [-0.2, -0.15) is 5.26 Å². The minimum absolute atomic E-state index is 0.0421. The van der Waals surface area contributed by atoms with Crippen LogP contribution in [0.1, 0.15) is 28.8 Å². The molecule has 1 aliphatic rings. The molecule has 3 aromatic rings. The van der Waals surface area contributed by atoms with E-state index in [1.54, 1.807) is 41.3 Å². The highest BCUT2D eigenvalue weighted by Gasteiger charge is 2.27. The second-order valence-corrected chi connectivity index (χ2v) is 8.56. The van der Waals surface area contributed by atoms with Gasteiger partial charge in [-0.05, 0) is 49.2 Å². The Kier molecular flexibility index (Phi) is 6.35. The maximum Gasteiger partial charge on any atom is 0.260 e. The van der Waals surface area contributed by atoms with Crippen molar-refractivity contribution in [3.05, 3.63) is 69.0 Å². The number of aromatic nitrogens is 1. The SMILES string of the molecule is N#Cc1cccc(C(=O)N(CC2CCCO2)c2nc(-c3ccc(Cl)cc3Cl)cs2)c1. The minimum atomic E-state index is -0.217. The number of carbonyl (C=O) groups is 1. The van der Waals surface area contributed by atoms with E-state index in [0.717, 1.165) is 18.4 Å². The summed E-state index contributed by atoms with van der Waals surface area (Å²) in [7, 11) is 0. The van der Waals surface area contributed by atoms with Gasteiger partial charge in [-0.15, -0.1) is 11.3 Å². The van der Waals surface area contributed by atoms with Crippen LogP contribution in [-0.2, 0) is 4.74 Å². The Bertz CT molecular complexity index is 1120. The van der Waals surface area contributed by atoms with Crippen LogP contribution in [0.4, 0.5) is 5.13 Å². The van der Waals surface area contributed by atoms with Crippen molar-refractivity contribution >= 4 is 45.6 Å². The van der Waals surface area contributed by atoms with Gasteiger partial charge in [0.05, 0.1) is 35.0 Å². The normalized spacial score (nSPS) is 15.7. The third kappa shape index (κ3) is 4.50. The Morgan fingerprint density at radius 3 is 2.90 bits per heavy atom. The van der Waals surface area contributed by atoms with Gasteiger partial charge in [-0.25, -0.2) is 4.98 Å². The van der Waals surface area contributed by atoms with Crippen molar-refractivity contribution in [1.82, 2.24) is 4.98 Å². The molecule has 1 atom stereocenters. The van der Waals surface area contributed by atoms with Crippen LogP contribution in [0.5, 0.6) is 0 Å². The Morgan fingerprint density at radius 1 is 1.30 bits per heavy atom. The topological polar surface area (TPSA) is 66.2 Å². The van der Waals surface area contributed by atoms with Crippen molar-refractivity contribution in [2.24, 2.45) is 0 Å². The number of thiazole rings is 1. The molecule has 30 heavy (non-hydrogen) atoms. The molecule has 0 aliphatic carbocycles. The first kappa shape index (κ1) is 20.8.